The molecular weight excluding hydrogens is 326 g/mol. The predicted molar refractivity (Wildman–Crippen MR) is 90.1 cm³/mol. The maximum atomic E-state index is 12.2. The number of Topliss-reactive ketones (excluding diaryl/α,β-unsaturated/α-hetero) is 1. The lowest BCUT2D eigenvalue weighted by atomic mass is 9.93. The Morgan fingerprint density at radius 2 is 1.86 bits per heavy atom. The molecule has 1 unspecified atom stereocenters. The summed E-state index contributed by atoms with van der Waals surface area (Å²) in [7, 11) is 0. The second-order valence-electron chi connectivity index (χ2n) is 5.45. The number of ketones is 1. The summed E-state index contributed by atoms with van der Waals surface area (Å²) in [6, 6.07) is 9.62. The summed E-state index contributed by atoms with van der Waals surface area (Å²) in [4.78, 5) is 12.2. The summed E-state index contributed by atoms with van der Waals surface area (Å²) in [6.45, 7) is 2.21. The van der Waals surface area contributed by atoms with E-state index in [-0.39, 0.29) is 5.78 Å². The molecule has 0 fully saturated rings. The summed E-state index contributed by atoms with van der Waals surface area (Å²) >= 11 is 3.38. The van der Waals surface area contributed by atoms with Gasteiger partial charge < -0.3 is 0 Å². The van der Waals surface area contributed by atoms with Crippen molar-refractivity contribution in [2.75, 3.05) is 0 Å². The van der Waals surface area contributed by atoms with Gasteiger partial charge in [-0.3, -0.25) is 4.79 Å². The van der Waals surface area contributed by atoms with Crippen molar-refractivity contribution in [3.05, 3.63) is 34.3 Å². The maximum Gasteiger partial charge on any atom is 0.154 e. The summed E-state index contributed by atoms with van der Waals surface area (Å²) in [5.74, 6) is -0.577. The van der Waals surface area contributed by atoms with Crippen LogP contribution in [0.2, 0.25) is 0 Å². The molecule has 1 atom stereocenters. The van der Waals surface area contributed by atoms with Gasteiger partial charge in [0.15, 0.2) is 5.78 Å². The number of carbonyl (C=O) groups excluding carboxylic acids is 1. The second-order valence-corrected chi connectivity index (χ2v) is 6.37. The van der Waals surface area contributed by atoms with E-state index in [4.69, 9.17) is 0 Å². The van der Waals surface area contributed by atoms with Gasteiger partial charge in [0.05, 0.1) is 6.07 Å². The highest BCUT2D eigenvalue weighted by molar-refractivity contribution is 9.10. The van der Waals surface area contributed by atoms with Crippen LogP contribution in [0.1, 0.15) is 69.8 Å². The third-order valence-electron chi connectivity index (χ3n) is 3.66. The Morgan fingerprint density at radius 1 is 1.19 bits per heavy atom. The zero-order chi connectivity index (χ0) is 15.5. The standard InChI is InChI=1S/C18H24BrNO/c1-2-3-4-5-6-7-8-12-18(21)17(14-20)15-10-9-11-16(19)13-15/h9-11,13,17H,2-8,12H2,1H3. The van der Waals surface area contributed by atoms with Crippen LogP contribution < -0.4 is 0 Å². The number of rotatable bonds is 10. The highest BCUT2D eigenvalue weighted by Crippen LogP contribution is 2.22. The lowest BCUT2D eigenvalue weighted by Gasteiger charge is -2.09. The second kappa shape index (κ2) is 10.6. The van der Waals surface area contributed by atoms with Crippen LogP contribution in [0.4, 0.5) is 0 Å². The van der Waals surface area contributed by atoms with Gasteiger partial charge in [0, 0.05) is 10.9 Å². The minimum Gasteiger partial charge on any atom is -0.298 e. The summed E-state index contributed by atoms with van der Waals surface area (Å²) < 4.78 is 0.906. The van der Waals surface area contributed by atoms with Crippen molar-refractivity contribution in [3.8, 4) is 6.07 Å². The lowest BCUT2D eigenvalue weighted by molar-refractivity contribution is -0.119. The number of benzene rings is 1. The Hall–Kier alpha value is -1.14. The van der Waals surface area contributed by atoms with Gasteiger partial charge in [-0.15, -0.1) is 0 Å². The molecule has 0 heterocycles. The van der Waals surface area contributed by atoms with Crippen LogP contribution in [-0.4, -0.2) is 5.78 Å². The molecule has 0 radical (unpaired) electrons. The topological polar surface area (TPSA) is 40.9 Å². The van der Waals surface area contributed by atoms with E-state index in [0.29, 0.717) is 6.42 Å². The molecule has 3 heteroatoms. The van der Waals surface area contributed by atoms with Gasteiger partial charge in [0.1, 0.15) is 5.92 Å². The number of unbranched alkanes of at least 4 members (excludes halogenated alkanes) is 6. The first-order valence-corrected chi connectivity index (χ1v) is 8.66. The molecule has 0 amide bonds. The molecule has 0 saturated carbocycles. The van der Waals surface area contributed by atoms with E-state index in [1.54, 1.807) is 0 Å². The molecule has 0 saturated heterocycles. The Morgan fingerprint density at radius 3 is 2.48 bits per heavy atom. The van der Waals surface area contributed by atoms with Gasteiger partial charge in [-0.2, -0.15) is 5.26 Å². The quantitative estimate of drug-likeness (QED) is 0.503. The Bertz CT molecular complexity index is 478. The van der Waals surface area contributed by atoms with Crippen molar-refractivity contribution in [1.82, 2.24) is 0 Å². The van der Waals surface area contributed by atoms with Crippen LogP contribution in [0.15, 0.2) is 28.7 Å². The molecule has 1 aromatic carbocycles. The molecule has 0 bridgehead atoms. The Kier molecular flexibility index (Phi) is 9.01. The molecule has 21 heavy (non-hydrogen) atoms. The van der Waals surface area contributed by atoms with Crippen molar-refractivity contribution in [3.63, 3.8) is 0 Å². The lowest BCUT2D eigenvalue weighted by Crippen LogP contribution is -2.10. The Balaban J connectivity index is 2.34. The maximum absolute atomic E-state index is 12.2. The van der Waals surface area contributed by atoms with Crippen LogP contribution >= 0.6 is 15.9 Å². The fraction of sp³-hybridized carbons (Fsp3) is 0.556. The molecular formula is C18H24BrNO. The zero-order valence-electron chi connectivity index (χ0n) is 12.8. The van der Waals surface area contributed by atoms with Crippen molar-refractivity contribution in [2.45, 2.75) is 64.2 Å². The summed E-state index contributed by atoms with van der Waals surface area (Å²) in [5, 5.41) is 9.25. The van der Waals surface area contributed by atoms with E-state index in [1.807, 2.05) is 24.3 Å². The molecule has 0 aliphatic heterocycles. The first kappa shape index (κ1) is 17.9. The number of nitrogens with zero attached hydrogens (tertiary/aromatic N) is 1. The predicted octanol–water partition coefficient (Wildman–Crippen LogP) is 5.77. The highest BCUT2D eigenvalue weighted by atomic mass is 79.9. The number of carbonyl (C=O) groups is 1. The third-order valence-corrected chi connectivity index (χ3v) is 4.15. The van der Waals surface area contributed by atoms with E-state index in [1.165, 1.54) is 32.1 Å². The average Bonchev–Trinajstić information content (AvgIpc) is 2.47. The largest absolute Gasteiger partial charge is 0.298 e. The molecule has 1 aromatic rings. The van der Waals surface area contributed by atoms with E-state index in [2.05, 4.69) is 28.9 Å². The molecule has 0 aliphatic rings. The van der Waals surface area contributed by atoms with E-state index in [9.17, 15) is 10.1 Å². The van der Waals surface area contributed by atoms with E-state index in [0.717, 1.165) is 22.9 Å². The van der Waals surface area contributed by atoms with Gasteiger partial charge in [0.2, 0.25) is 0 Å². The van der Waals surface area contributed by atoms with Crippen LogP contribution in [0.25, 0.3) is 0 Å². The number of halogens is 1. The zero-order valence-corrected chi connectivity index (χ0v) is 14.4. The van der Waals surface area contributed by atoms with Crippen LogP contribution in [0, 0.1) is 11.3 Å². The molecule has 1 rings (SSSR count). The third kappa shape index (κ3) is 6.91. The van der Waals surface area contributed by atoms with Gasteiger partial charge in [0.25, 0.3) is 0 Å². The molecule has 114 valence electrons. The minimum atomic E-state index is -0.623. The van der Waals surface area contributed by atoms with Crippen molar-refractivity contribution in [2.24, 2.45) is 0 Å². The first-order valence-electron chi connectivity index (χ1n) is 7.86. The molecule has 0 aromatic heterocycles. The molecule has 0 aliphatic carbocycles. The fourth-order valence-corrected chi connectivity index (χ4v) is 2.84. The van der Waals surface area contributed by atoms with Crippen LogP contribution in [0.3, 0.4) is 0 Å². The van der Waals surface area contributed by atoms with Gasteiger partial charge >= 0.3 is 0 Å². The smallest absolute Gasteiger partial charge is 0.154 e. The summed E-state index contributed by atoms with van der Waals surface area (Å²) in [5.41, 5.74) is 0.792. The monoisotopic (exact) mass is 349 g/mol. The first-order chi connectivity index (χ1) is 10.2. The van der Waals surface area contributed by atoms with Gasteiger partial charge in [-0.1, -0.05) is 73.5 Å². The van der Waals surface area contributed by atoms with Gasteiger partial charge in [-0.25, -0.2) is 0 Å². The van der Waals surface area contributed by atoms with Crippen molar-refractivity contribution in [1.29, 1.82) is 5.26 Å². The van der Waals surface area contributed by atoms with Crippen LogP contribution in [0.5, 0.6) is 0 Å². The number of hydrogen-bond donors (Lipinski definition) is 0. The normalized spacial score (nSPS) is 11.9. The average molecular weight is 350 g/mol. The van der Waals surface area contributed by atoms with Crippen molar-refractivity contribution < 1.29 is 4.79 Å². The number of hydrogen-bond acceptors (Lipinski definition) is 2. The van der Waals surface area contributed by atoms with E-state index >= 15 is 0 Å². The number of nitriles is 1. The van der Waals surface area contributed by atoms with Crippen LogP contribution in [-0.2, 0) is 4.79 Å². The summed E-state index contributed by atoms with van der Waals surface area (Å²) in [6.07, 6.45) is 8.81. The fourth-order valence-electron chi connectivity index (χ4n) is 2.42. The molecule has 2 nitrogen and oxygen atoms in total. The van der Waals surface area contributed by atoms with Gasteiger partial charge in [-0.05, 0) is 24.1 Å². The van der Waals surface area contributed by atoms with E-state index < -0.39 is 5.92 Å². The highest BCUT2D eigenvalue weighted by Gasteiger charge is 2.19. The minimum absolute atomic E-state index is 0.0455. The molecule has 0 spiro atoms. The van der Waals surface area contributed by atoms with Crippen molar-refractivity contribution >= 4 is 21.7 Å². The molecule has 0 N–H and O–H groups in total. The SMILES string of the molecule is CCCCCCCCCC(=O)C(C#N)c1cccc(Br)c1. The Labute approximate surface area is 136 Å².